The fourth-order valence-corrected chi connectivity index (χ4v) is 3.67. The van der Waals surface area contributed by atoms with Crippen LogP contribution in [0.15, 0.2) is 0 Å². The molecule has 0 aromatic rings. The standard InChI is InChI=1S/C17H37NO2Si/c1-16(2,3)18-10-14(12-19-7)15(11-18)13-20-21(8,9)17(4,5)6/h14-15H,10-13H2,1-9H3/t14-,15-/m0/s1. The molecule has 0 radical (unpaired) electrons. The molecule has 0 amide bonds. The molecule has 0 aliphatic carbocycles. The van der Waals surface area contributed by atoms with E-state index in [1.165, 1.54) is 0 Å². The quantitative estimate of drug-likeness (QED) is 0.716. The average Bonchev–Trinajstić information content (AvgIpc) is 2.68. The van der Waals surface area contributed by atoms with Gasteiger partial charge in [-0.3, -0.25) is 4.90 Å². The van der Waals surface area contributed by atoms with E-state index in [1.807, 2.05) is 7.11 Å². The Bertz CT molecular complexity index is 331. The van der Waals surface area contributed by atoms with Gasteiger partial charge in [0, 0.05) is 38.3 Å². The van der Waals surface area contributed by atoms with Gasteiger partial charge in [-0.1, -0.05) is 20.8 Å². The lowest BCUT2D eigenvalue weighted by Gasteiger charge is -2.37. The van der Waals surface area contributed by atoms with Crippen LogP contribution < -0.4 is 0 Å². The minimum atomic E-state index is -1.65. The molecule has 2 atom stereocenters. The number of hydrogen-bond acceptors (Lipinski definition) is 3. The maximum Gasteiger partial charge on any atom is 0.191 e. The van der Waals surface area contributed by atoms with Crippen molar-refractivity contribution in [1.82, 2.24) is 4.90 Å². The zero-order valence-corrected chi connectivity index (χ0v) is 16.7. The summed E-state index contributed by atoms with van der Waals surface area (Å²) in [5.74, 6) is 1.19. The van der Waals surface area contributed by atoms with Crippen molar-refractivity contribution in [2.75, 3.05) is 33.4 Å². The lowest BCUT2D eigenvalue weighted by molar-refractivity contribution is 0.114. The second-order valence-electron chi connectivity index (χ2n) is 9.12. The Hall–Kier alpha value is 0.0969. The van der Waals surface area contributed by atoms with Crippen molar-refractivity contribution >= 4 is 8.32 Å². The lowest BCUT2D eigenvalue weighted by atomic mass is 9.98. The van der Waals surface area contributed by atoms with E-state index in [4.69, 9.17) is 9.16 Å². The van der Waals surface area contributed by atoms with Gasteiger partial charge in [0.25, 0.3) is 0 Å². The third-order valence-electron chi connectivity index (χ3n) is 5.37. The van der Waals surface area contributed by atoms with Gasteiger partial charge < -0.3 is 9.16 Å². The van der Waals surface area contributed by atoms with Crippen LogP contribution in [0.4, 0.5) is 0 Å². The van der Waals surface area contributed by atoms with Crippen molar-refractivity contribution in [3.63, 3.8) is 0 Å². The molecule has 0 bridgehead atoms. The molecule has 0 aromatic heterocycles. The van der Waals surface area contributed by atoms with E-state index in [0.29, 0.717) is 11.8 Å². The molecule has 1 saturated heterocycles. The molecule has 4 heteroatoms. The summed E-state index contributed by atoms with van der Waals surface area (Å²) in [7, 11) is 0.159. The molecule has 1 aliphatic heterocycles. The number of ether oxygens (including phenoxy) is 1. The zero-order valence-electron chi connectivity index (χ0n) is 15.7. The van der Waals surface area contributed by atoms with Crippen LogP contribution >= 0.6 is 0 Å². The van der Waals surface area contributed by atoms with Gasteiger partial charge in [-0.2, -0.15) is 0 Å². The van der Waals surface area contributed by atoms with Gasteiger partial charge >= 0.3 is 0 Å². The van der Waals surface area contributed by atoms with E-state index in [9.17, 15) is 0 Å². The number of hydrogen-bond donors (Lipinski definition) is 0. The summed E-state index contributed by atoms with van der Waals surface area (Å²) in [5, 5.41) is 0.284. The normalized spacial score (nSPS) is 25.6. The minimum Gasteiger partial charge on any atom is -0.416 e. The second kappa shape index (κ2) is 6.69. The third-order valence-corrected chi connectivity index (χ3v) is 9.87. The van der Waals surface area contributed by atoms with Crippen LogP contribution in [-0.4, -0.2) is 52.2 Å². The van der Waals surface area contributed by atoms with Gasteiger partial charge in [-0.25, -0.2) is 0 Å². The smallest absolute Gasteiger partial charge is 0.191 e. The summed E-state index contributed by atoms with van der Waals surface area (Å²) in [6.45, 7) is 22.5. The fourth-order valence-electron chi connectivity index (χ4n) is 2.61. The molecule has 0 spiro atoms. The first kappa shape index (κ1) is 19.1. The Labute approximate surface area is 133 Å². The second-order valence-corrected chi connectivity index (χ2v) is 13.9. The number of nitrogens with zero attached hydrogens (tertiary/aromatic N) is 1. The Morgan fingerprint density at radius 3 is 1.81 bits per heavy atom. The van der Waals surface area contributed by atoms with Crippen molar-refractivity contribution in [2.45, 2.75) is 65.2 Å². The summed E-state index contributed by atoms with van der Waals surface area (Å²) < 4.78 is 11.9. The summed E-state index contributed by atoms with van der Waals surface area (Å²) in [6.07, 6.45) is 0. The van der Waals surface area contributed by atoms with E-state index >= 15 is 0 Å². The molecule has 1 rings (SSSR count). The Balaban J connectivity index is 2.67. The van der Waals surface area contributed by atoms with Gasteiger partial charge in [-0.05, 0) is 44.8 Å². The molecule has 0 N–H and O–H groups in total. The molecule has 1 heterocycles. The highest BCUT2D eigenvalue weighted by atomic mass is 28.4. The highest BCUT2D eigenvalue weighted by Crippen LogP contribution is 2.38. The van der Waals surface area contributed by atoms with E-state index in [1.54, 1.807) is 0 Å². The van der Waals surface area contributed by atoms with Crippen LogP contribution in [-0.2, 0) is 9.16 Å². The van der Waals surface area contributed by atoms with E-state index in [0.717, 1.165) is 26.3 Å². The van der Waals surface area contributed by atoms with E-state index < -0.39 is 8.32 Å². The number of rotatable bonds is 5. The maximum absolute atomic E-state index is 6.47. The summed E-state index contributed by atoms with van der Waals surface area (Å²) in [6, 6.07) is 0. The van der Waals surface area contributed by atoms with Gasteiger partial charge in [0.2, 0.25) is 0 Å². The van der Waals surface area contributed by atoms with Crippen molar-refractivity contribution in [3.05, 3.63) is 0 Å². The van der Waals surface area contributed by atoms with Crippen LogP contribution in [0.5, 0.6) is 0 Å². The van der Waals surface area contributed by atoms with Crippen molar-refractivity contribution in [1.29, 1.82) is 0 Å². The first-order valence-electron chi connectivity index (χ1n) is 8.26. The molecule has 0 saturated carbocycles. The molecule has 1 fully saturated rings. The predicted molar refractivity (Wildman–Crippen MR) is 93.3 cm³/mol. The van der Waals surface area contributed by atoms with Crippen LogP contribution in [0.3, 0.4) is 0 Å². The average molecular weight is 316 g/mol. The topological polar surface area (TPSA) is 21.7 Å². The highest BCUT2D eigenvalue weighted by Gasteiger charge is 2.41. The SMILES string of the molecule is COC[C@@H]1CN(C(C)(C)C)C[C@H]1CO[Si](C)(C)C(C)(C)C. The van der Waals surface area contributed by atoms with Crippen molar-refractivity contribution in [2.24, 2.45) is 11.8 Å². The summed E-state index contributed by atoms with van der Waals surface area (Å²) >= 11 is 0. The minimum absolute atomic E-state index is 0.234. The van der Waals surface area contributed by atoms with Crippen molar-refractivity contribution < 1.29 is 9.16 Å². The van der Waals surface area contributed by atoms with Crippen LogP contribution in [0.1, 0.15) is 41.5 Å². The lowest BCUT2D eigenvalue weighted by Crippen LogP contribution is -2.43. The Kier molecular flexibility index (Phi) is 6.10. The maximum atomic E-state index is 6.47. The molecular formula is C17H37NO2Si. The van der Waals surface area contributed by atoms with E-state index in [-0.39, 0.29) is 10.6 Å². The summed E-state index contributed by atoms with van der Waals surface area (Å²) in [4.78, 5) is 2.58. The fraction of sp³-hybridized carbons (Fsp3) is 1.00. The number of likely N-dealkylation sites (tertiary alicyclic amines) is 1. The number of methoxy groups -OCH3 is 1. The Morgan fingerprint density at radius 2 is 1.43 bits per heavy atom. The molecule has 0 aromatic carbocycles. The summed E-state index contributed by atoms with van der Waals surface area (Å²) in [5.41, 5.74) is 0.234. The molecule has 21 heavy (non-hydrogen) atoms. The van der Waals surface area contributed by atoms with E-state index in [2.05, 4.69) is 59.5 Å². The first-order valence-corrected chi connectivity index (χ1v) is 11.2. The molecule has 1 aliphatic rings. The van der Waals surface area contributed by atoms with Crippen molar-refractivity contribution in [3.8, 4) is 0 Å². The van der Waals surface area contributed by atoms with Gasteiger partial charge in [0.15, 0.2) is 8.32 Å². The zero-order chi connectivity index (χ0) is 16.5. The molecule has 126 valence electrons. The van der Waals surface area contributed by atoms with Crippen LogP contribution in [0.2, 0.25) is 18.1 Å². The monoisotopic (exact) mass is 315 g/mol. The molecule has 0 unspecified atom stereocenters. The van der Waals surface area contributed by atoms with Crippen LogP contribution in [0, 0.1) is 11.8 Å². The predicted octanol–water partition coefficient (Wildman–Crippen LogP) is 4.00. The van der Waals surface area contributed by atoms with Crippen LogP contribution in [0.25, 0.3) is 0 Å². The van der Waals surface area contributed by atoms with Gasteiger partial charge in [0.05, 0.1) is 6.61 Å². The highest BCUT2D eigenvalue weighted by molar-refractivity contribution is 6.74. The Morgan fingerprint density at radius 1 is 0.952 bits per heavy atom. The van der Waals surface area contributed by atoms with Gasteiger partial charge in [-0.15, -0.1) is 0 Å². The molecular weight excluding hydrogens is 278 g/mol. The van der Waals surface area contributed by atoms with Gasteiger partial charge in [0.1, 0.15) is 0 Å². The largest absolute Gasteiger partial charge is 0.416 e. The molecule has 3 nitrogen and oxygen atoms in total. The third kappa shape index (κ3) is 5.05. The first-order chi connectivity index (χ1) is 9.38.